The topological polar surface area (TPSA) is 70.0 Å². The van der Waals surface area contributed by atoms with Gasteiger partial charge in [0.2, 0.25) is 5.91 Å². The molecule has 0 aromatic heterocycles. The molecular formula is C11H19NO4. The van der Waals surface area contributed by atoms with E-state index in [1.807, 2.05) is 6.92 Å². The van der Waals surface area contributed by atoms with E-state index in [-0.39, 0.29) is 31.0 Å². The number of hydrogen-bond donors (Lipinski definition) is 2. The van der Waals surface area contributed by atoms with Crippen LogP contribution in [0.1, 0.15) is 19.8 Å². The highest BCUT2D eigenvalue weighted by molar-refractivity contribution is 5.80. The van der Waals surface area contributed by atoms with Crippen LogP contribution in [0.15, 0.2) is 0 Å². The summed E-state index contributed by atoms with van der Waals surface area (Å²) in [5.74, 6) is -0.0811. The minimum Gasteiger partial charge on any atom is -0.388 e. The maximum atomic E-state index is 12.1. The lowest BCUT2D eigenvalue weighted by molar-refractivity contribution is -0.136. The van der Waals surface area contributed by atoms with E-state index >= 15 is 0 Å². The summed E-state index contributed by atoms with van der Waals surface area (Å²) in [5, 5.41) is 18.8. The Morgan fingerprint density at radius 1 is 1.38 bits per heavy atom. The molecule has 2 N–H and O–H groups in total. The van der Waals surface area contributed by atoms with Gasteiger partial charge in [0.25, 0.3) is 0 Å². The zero-order chi connectivity index (χ0) is 11.7. The van der Waals surface area contributed by atoms with Gasteiger partial charge >= 0.3 is 0 Å². The molecule has 0 bridgehead atoms. The second-order valence-electron chi connectivity index (χ2n) is 4.59. The predicted octanol–water partition coefficient (Wildman–Crippen LogP) is -0.635. The van der Waals surface area contributed by atoms with Gasteiger partial charge in [-0.2, -0.15) is 0 Å². The van der Waals surface area contributed by atoms with Crippen LogP contribution in [0.2, 0.25) is 0 Å². The molecule has 2 heterocycles. The lowest BCUT2D eigenvalue weighted by atomic mass is 9.98. The van der Waals surface area contributed by atoms with Gasteiger partial charge in [-0.3, -0.25) is 4.79 Å². The summed E-state index contributed by atoms with van der Waals surface area (Å²) >= 11 is 0. The Labute approximate surface area is 95.0 Å². The number of aliphatic hydroxyl groups excluding tert-OH is 2. The van der Waals surface area contributed by atoms with Gasteiger partial charge in [-0.05, 0) is 12.8 Å². The molecule has 0 spiro atoms. The molecule has 2 unspecified atom stereocenters. The van der Waals surface area contributed by atoms with Crippen LogP contribution in [0.25, 0.3) is 0 Å². The normalized spacial score (nSPS) is 39.3. The van der Waals surface area contributed by atoms with Crippen molar-refractivity contribution in [3.05, 3.63) is 0 Å². The number of nitrogens with zero attached hydrogens (tertiary/aromatic N) is 1. The molecule has 0 radical (unpaired) electrons. The first-order chi connectivity index (χ1) is 7.63. The molecule has 0 aromatic rings. The second-order valence-corrected chi connectivity index (χ2v) is 4.59. The van der Waals surface area contributed by atoms with Crippen molar-refractivity contribution in [3.63, 3.8) is 0 Å². The van der Waals surface area contributed by atoms with Crippen molar-refractivity contribution in [2.24, 2.45) is 5.92 Å². The first-order valence-corrected chi connectivity index (χ1v) is 5.90. The number of carbonyl (C=O) groups is 1. The molecule has 4 atom stereocenters. The first kappa shape index (κ1) is 11.8. The molecule has 16 heavy (non-hydrogen) atoms. The standard InChI is InChI=1S/C11H19NO4/c1-2-10-7(3-4-16-10)11(15)12-5-8(13)9(14)6-12/h7-10,13-14H,2-6H2,1H3/t7?,8-,9+,10?. The number of rotatable bonds is 2. The van der Waals surface area contributed by atoms with Crippen LogP contribution in [0, 0.1) is 5.92 Å². The van der Waals surface area contributed by atoms with Crippen LogP contribution in [-0.4, -0.2) is 59.0 Å². The van der Waals surface area contributed by atoms with Gasteiger partial charge < -0.3 is 19.8 Å². The van der Waals surface area contributed by atoms with E-state index in [1.54, 1.807) is 4.90 Å². The third kappa shape index (κ3) is 2.07. The van der Waals surface area contributed by atoms with Gasteiger partial charge in [0.1, 0.15) is 0 Å². The number of carbonyl (C=O) groups excluding carboxylic acids is 1. The first-order valence-electron chi connectivity index (χ1n) is 5.90. The van der Waals surface area contributed by atoms with E-state index in [1.165, 1.54) is 0 Å². The van der Waals surface area contributed by atoms with Crippen molar-refractivity contribution >= 4 is 5.91 Å². The largest absolute Gasteiger partial charge is 0.388 e. The molecule has 92 valence electrons. The molecule has 2 aliphatic rings. The zero-order valence-corrected chi connectivity index (χ0v) is 9.50. The van der Waals surface area contributed by atoms with E-state index in [2.05, 4.69) is 0 Å². The van der Waals surface area contributed by atoms with Crippen molar-refractivity contribution in [2.75, 3.05) is 19.7 Å². The van der Waals surface area contributed by atoms with Crippen LogP contribution >= 0.6 is 0 Å². The molecule has 0 saturated carbocycles. The highest BCUT2D eigenvalue weighted by Gasteiger charge is 2.40. The van der Waals surface area contributed by atoms with Gasteiger partial charge in [0.15, 0.2) is 0 Å². The molecule has 1 amide bonds. The van der Waals surface area contributed by atoms with Crippen molar-refractivity contribution in [2.45, 2.75) is 38.1 Å². The quantitative estimate of drug-likeness (QED) is 0.661. The lowest BCUT2D eigenvalue weighted by Gasteiger charge is -2.22. The summed E-state index contributed by atoms with van der Waals surface area (Å²) in [6.07, 6.45) is -0.0184. The van der Waals surface area contributed by atoms with Crippen LogP contribution in [0.3, 0.4) is 0 Å². The maximum Gasteiger partial charge on any atom is 0.228 e. The summed E-state index contributed by atoms with van der Waals surface area (Å²) in [7, 11) is 0. The van der Waals surface area contributed by atoms with Crippen LogP contribution < -0.4 is 0 Å². The number of amides is 1. The zero-order valence-electron chi connectivity index (χ0n) is 9.50. The Morgan fingerprint density at radius 3 is 2.56 bits per heavy atom. The molecule has 2 fully saturated rings. The van der Waals surface area contributed by atoms with Gasteiger partial charge in [0.05, 0.1) is 24.2 Å². The lowest BCUT2D eigenvalue weighted by Crippen LogP contribution is -2.38. The monoisotopic (exact) mass is 229 g/mol. The molecule has 5 nitrogen and oxygen atoms in total. The Balaban J connectivity index is 1.97. The Hall–Kier alpha value is -0.650. The van der Waals surface area contributed by atoms with Crippen molar-refractivity contribution in [1.82, 2.24) is 4.90 Å². The number of hydrogen-bond acceptors (Lipinski definition) is 4. The van der Waals surface area contributed by atoms with E-state index in [0.717, 1.165) is 12.8 Å². The highest BCUT2D eigenvalue weighted by atomic mass is 16.5. The minimum absolute atomic E-state index is 0.00221. The smallest absolute Gasteiger partial charge is 0.228 e. The summed E-state index contributed by atoms with van der Waals surface area (Å²) in [6, 6.07) is 0. The summed E-state index contributed by atoms with van der Waals surface area (Å²) in [5.41, 5.74) is 0. The molecule has 0 aromatic carbocycles. The SMILES string of the molecule is CCC1OCCC1C(=O)N1C[C@@H](O)[C@@H](O)C1. The number of β-amino-alcohol motifs (C(OH)–C–C–N with tert-alkyl or cyclic N) is 2. The fraction of sp³-hybridized carbons (Fsp3) is 0.909. The Kier molecular flexibility index (Phi) is 3.47. The average Bonchev–Trinajstić information content (AvgIpc) is 2.85. The Bertz CT molecular complexity index is 261. The summed E-state index contributed by atoms with van der Waals surface area (Å²) in [6.45, 7) is 3.12. The molecule has 0 aliphatic carbocycles. The van der Waals surface area contributed by atoms with Gasteiger partial charge in [-0.25, -0.2) is 0 Å². The van der Waals surface area contributed by atoms with E-state index < -0.39 is 12.2 Å². The molecule has 2 aliphatic heterocycles. The second kappa shape index (κ2) is 4.69. The van der Waals surface area contributed by atoms with E-state index in [9.17, 15) is 15.0 Å². The Morgan fingerprint density at radius 2 is 2.00 bits per heavy atom. The van der Waals surface area contributed by atoms with Crippen LogP contribution in [0.4, 0.5) is 0 Å². The van der Waals surface area contributed by atoms with Crippen molar-refractivity contribution in [1.29, 1.82) is 0 Å². The number of ether oxygens (including phenoxy) is 1. The van der Waals surface area contributed by atoms with Gasteiger partial charge in [-0.1, -0.05) is 6.92 Å². The third-order valence-corrected chi connectivity index (χ3v) is 3.50. The van der Waals surface area contributed by atoms with Crippen molar-refractivity contribution < 1.29 is 19.7 Å². The third-order valence-electron chi connectivity index (χ3n) is 3.50. The minimum atomic E-state index is -0.800. The number of likely N-dealkylation sites (tertiary alicyclic amines) is 1. The summed E-state index contributed by atoms with van der Waals surface area (Å²) < 4.78 is 5.48. The predicted molar refractivity (Wildman–Crippen MR) is 56.7 cm³/mol. The fourth-order valence-electron chi connectivity index (χ4n) is 2.52. The van der Waals surface area contributed by atoms with Crippen LogP contribution in [0.5, 0.6) is 0 Å². The average molecular weight is 229 g/mol. The van der Waals surface area contributed by atoms with Crippen LogP contribution in [-0.2, 0) is 9.53 Å². The van der Waals surface area contributed by atoms with E-state index in [0.29, 0.717) is 6.61 Å². The van der Waals surface area contributed by atoms with Gasteiger partial charge in [0, 0.05) is 19.7 Å². The summed E-state index contributed by atoms with van der Waals surface area (Å²) in [4.78, 5) is 13.7. The van der Waals surface area contributed by atoms with E-state index in [4.69, 9.17) is 4.74 Å². The molecule has 5 heteroatoms. The van der Waals surface area contributed by atoms with Crippen molar-refractivity contribution in [3.8, 4) is 0 Å². The highest BCUT2D eigenvalue weighted by Crippen LogP contribution is 2.26. The van der Waals surface area contributed by atoms with Gasteiger partial charge in [-0.15, -0.1) is 0 Å². The molecule has 2 rings (SSSR count). The number of aliphatic hydroxyl groups is 2. The maximum absolute atomic E-state index is 12.1. The molecular weight excluding hydrogens is 210 g/mol. The molecule has 2 saturated heterocycles. The fourth-order valence-corrected chi connectivity index (χ4v) is 2.52.